The molecule has 0 bridgehead atoms. The molecule has 1 rings (SSSR count). The van der Waals surface area contributed by atoms with Gasteiger partial charge >= 0.3 is 5.97 Å². The number of rotatable bonds is 7. The van der Waals surface area contributed by atoms with Crippen LogP contribution >= 0.6 is 0 Å². The summed E-state index contributed by atoms with van der Waals surface area (Å²) in [5.74, 6) is 0.110. The highest BCUT2D eigenvalue weighted by molar-refractivity contribution is 5.97. The van der Waals surface area contributed by atoms with E-state index in [1.165, 1.54) is 0 Å². The van der Waals surface area contributed by atoms with E-state index in [-0.39, 0.29) is 12.6 Å². The molecular weight excluding hydrogens is 258 g/mol. The summed E-state index contributed by atoms with van der Waals surface area (Å²) in [5.41, 5.74) is 6.70. The first-order chi connectivity index (χ1) is 9.52. The Balaban J connectivity index is 3.10. The molecule has 112 valence electrons. The summed E-state index contributed by atoms with van der Waals surface area (Å²) in [6.45, 7) is 6.79. The van der Waals surface area contributed by atoms with Gasteiger partial charge < -0.3 is 20.5 Å². The standard InChI is InChI=1S/C14H23N3O3/c1-4-20-14(19)11-6-7-16-13(12(11)15)17(10(2)3)8-5-9-18/h6-7,10,18H,4-5,8-9,15H2,1-3H3. The van der Waals surface area contributed by atoms with Crippen molar-refractivity contribution in [2.24, 2.45) is 0 Å². The van der Waals surface area contributed by atoms with Gasteiger partial charge in [-0.2, -0.15) is 0 Å². The molecule has 0 saturated heterocycles. The summed E-state index contributed by atoms with van der Waals surface area (Å²) in [6, 6.07) is 1.72. The number of aromatic nitrogens is 1. The Kier molecular flexibility index (Phi) is 6.24. The van der Waals surface area contributed by atoms with E-state index in [9.17, 15) is 4.79 Å². The number of nitrogens with two attached hydrogens (primary N) is 1. The minimum absolute atomic E-state index is 0.0979. The first-order valence-electron chi connectivity index (χ1n) is 6.82. The Hall–Kier alpha value is -1.82. The predicted molar refractivity (Wildman–Crippen MR) is 78.8 cm³/mol. The second kappa shape index (κ2) is 7.69. The second-order valence-corrected chi connectivity index (χ2v) is 4.68. The summed E-state index contributed by atoms with van der Waals surface area (Å²) < 4.78 is 4.98. The third-order valence-electron chi connectivity index (χ3n) is 2.92. The zero-order valence-corrected chi connectivity index (χ0v) is 12.3. The molecule has 3 N–H and O–H groups in total. The number of esters is 1. The van der Waals surface area contributed by atoms with E-state index in [2.05, 4.69) is 4.98 Å². The van der Waals surface area contributed by atoms with Crippen LogP contribution in [0.25, 0.3) is 0 Å². The summed E-state index contributed by atoms with van der Waals surface area (Å²) >= 11 is 0. The number of anilines is 2. The molecule has 6 heteroatoms. The van der Waals surface area contributed by atoms with Crippen LogP contribution in [-0.4, -0.2) is 41.9 Å². The molecule has 6 nitrogen and oxygen atoms in total. The molecule has 1 heterocycles. The lowest BCUT2D eigenvalue weighted by Gasteiger charge is -2.29. The number of ether oxygens (including phenoxy) is 1. The molecule has 0 spiro atoms. The van der Waals surface area contributed by atoms with Gasteiger partial charge in [-0.25, -0.2) is 9.78 Å². The smallest absolute Gasteiger partial charge is 0.340 e. The summed E-state index contributed by atoms with van der Waals surface area (Å²) in [4.78, 5) is 18.1. The van der Waals surface area contributed by atoms with Gasteiger partial charge in [-0.15, -0.1) is 0 Å². The van der Waals surface area contributed by atoms with Gasteiger partial charge in [-0.3, -0.25) is 0 Å². The molecule has 0 aliphatic rings. The van der Waals surface area contributed by atoms with Gasteiger partial charge in [0.2, 0.25) is 0 Å². The lowest BCUT2D eigenvalue weighted by atomic mass is 10.2. The fourth-order valence-corrected chi connectivity index (χ4v) is 1.93. The van der Waals surface area contributed by atoms with Crippen molar-refractivity contribution in [2.75, 3.05) is 30.4 Å². The van der Waals surface area contributed by atoms with Gasteiger partial charge in [-0.1, -0.05) is 0 Å². The molecule has 0 atom stereocenters. The fraction of sp³-hybridized carbons (Fsp3) is 0.571. The number of hydrogen-bond donors (Lipinski definition) is 2. The van der Waals surface area contributed by atoms with Crippen LogP contribution in [0, 0.1) is 0 Å². The van der Waals surface area contributed by atoms with E-state index >= 15 is 0 Å². The Labute approximate surface area is 119 Å². The molecule has 0 fully saturated rings. The average molecular weight is 281 g/mol. The van der Waals surface area contributed by atoms with E-state index in [4.69, 9.17) is 15.6 Å². The van der Waals surface area contributed by atoms with Crippen LogP contribution in [0.4, 0.5) is 11.5 Å². The summed E-state index contributed by atoms with van der Waals surface area (Å²) in [7, 11) is 0. The van der Waals surface area contributed by atoms with Crippen molar-refractivity contribution in [1.82, 2.24) is 4.98 Å². The van der Waals surface area contributed by atoms with Crippen molar-refractivity contribution < 1.29 is 14.6 Å². The fourth-order valence-electron chi connectivity index (χ4n) is 1.93. The van der Waals surface area contributed by atoms with Crippen molar-refractivity contribution in [2.45, 2.75) is 33.2 Å². The Bertz CT molecular complexity index is 449. The molecule has 0 saturated carbocycles. The van der Waals surface area contributed by atoms with Crippen LogP contribution < -0.4 is 10.6 Å². The van der Waals surface area contributed by atoms with Crippen LogP contribution in [0.15, 0.2) is 12.3 Å². The maximum Gasteiger partial charge on any atom is 0.340 e. The molecule has 0 aromatic carbocycles. The lowest BCUT2D eigenvalue weighted by Crippen LogP contribution is -2.34. The highest BCUT2D eigenvalue weighted by atomic mass is 16.5. The Morgan fingerprint density at radius 3 is 2.80 bits per heavy atom. The third kappa shape index (κ3) is 3.84. The number of nitrogens with zero attached hydrogens (tertiary/aromatic N) is 2. The van der Waals surface area contributed by atoms with Crippen LogP contribution in [0.5, 0.6) is 0 Å². The highest BCUT2D eigenvalue weighted by Crippen LogP contribution is 2.26. The number of nitrogen functional groups attached to an aromatic ring is 1. The number of aliphatic hydroxyl groups excluding tert-OH is 1. The highest BCUT2D eigenvalue weighted by Gasteiger charge is 2.20. The van der Waals surface area contributed by atoms with Crippen molar-refractivity contribution in [3.63, 3.8) is 0 Å². The van der Waals surface area contributed by atoms with E-state index in [1.54, 1.807) is 19.2 Å². The number of pyridine rings is 1. The number of carbonyl (C=O) groups is 1. The van der Waals surface area contributed by atoms with Crippen LogP contribution in [0.3, 0.4) is 0 Å². The predicted octanol–water partition coefficient (Wildman–Crippen LogP) is 1.44. The van der Waals surface area contributed by atoms with Gasteiger partial charge in [-0.05, 0) is 33.3 Å². The molecule has 1 aromatic heterocycles. The quantitative estimate of drug-likeness (QED) is 0.735. The van der Waals surface area contributed by atoms with Crippen LogP contribution in [-0.2, 0) is 4.74 Å². The minimum Gasteiger partial charge on any atom is -0.462 e. The summed E-state index contributed by atoms with van der Waals surface area (Å²) in [6.07, 6.45) is 2.16. The third-order valence-corrected chi connectivity index (χ3v) is 2.92. The monoisotopic (exact) mass is 281 g/mol. The van der Waals surface area contributed by atoms with Gasteiger partial charge in [0.25, 0.3) is 0 Å². The normalized spacial score (nSPS) is 10.7. The van der Waals surface area contributed by atoms with Crippen LogP contribution in [0.1, 0.15) is 37.6 Å². The second-order valence-electron chi connectivity index (χ2n) is 4.68. The Morgan fingerprint density at radius 2 is 2.25 bits per heavy atom. The Morgan fingerprint density at radius 1 is 1.55 bits per heavy atom. The SMILES string of the molecule is CCOC(=O)c1ccnc(N(CCCO)C(C)C)c1N. The molecule has 20 heavy (non-hydrogen) atoms. The topological polar surface area (TPSA) is 88.7 Å². The van der Waals surface area contributed by atoms with Gasteiger partial charge in [0.15, 0.2) is 5.82 Å². The summed E-state index contributed by atoms with van der Waals surface area (Å²) in [5, 5.41) is 8.97. The van der Waals surface area contributed by atoms with E-state index in [0.29, 0.717) is 36.6 Å². The maximum atomic E-state index is 11.8. The molecule has 0 aliphatic carbocycles. The van der Waals surface area contributed by atoms with E-state index < -0.39 is 5.97 Å². The molecular formula is C14H23N3O3. The first-order valence-corrected chi connectivity index (χ1v) is 6.82. The van der Waals surface area contributed by atoms with Gasteiger partial charge in [0, 0.05) is 25.4 Å². The molecule has 0 unspecified atom stereocenters. The van der Waals surface area contributed by atoms with Crippen molar-refractivity contribution in [3.05, 3.63) is 17.8 Å². The largest absolute Gasteiger partial charge is 0.462 e. The van der Waals surface area contributed by atoms with Gasteiger partial charge in [0.05, 0.1) is 17.9 Å². The number of carbonyl (C=O) groups excluding carboxylic acids is 1. The number of hydrogen-bond acceptors (Lipinski definition) is 6. The number of aliphatic hydroxyl groups is 1. The molecule has 0 amide bonds. The molecule has 0 radical (unpaired) electrons. The van der Waals surface area contributed by atoms with Crippen molar-refractivity contribution in [3.8, 4) is 0 Å². The first kappa shape index (κ1) is 16.2. The average Bonchev–Trinajstić information content (AvgIpc) is 2.40. The van der Waals surface area contributed by atoms with Crippen molar-refractivity contribution in [1.29, 1.82) is 0 Å². The lowest BCUT2D eigenvalue weighted by molar-refractivity contribution is 0.0527. The van der Waals surface area contributed by atoms with Crippen LogP contribution in [0.2, 0.25) is 0 Å². The van der Waals surface area contributed by atoms with E-state index in [1.807, 2.05) is 18.7 Å². The zero-order valence-electron chi connectivity index (χ0n) is 12.3. The van der Waals surface area contributed by atoms with E-state index in [0.717, 1.165) is 0 Å². The zero-order chi connectivity index (χ0) is 15.1. The molecule has 1 aromatic rings. The minimum atomic E-state index is -0.445. The van der Waals surface area contributed by atoms with Gasteiger partial charge in [0.1, 0.15) is 0 Å². The molecule has 0 aliphatic heterocycles. The maximum absolute atomic E-state index is 11.8. The van der Waals surface area contributed by atoms with Crippen molar-refractivity contribution >= 4 is 17.5 Å².